The monoisotopic (exact) mass is 288 g/mol. The molecule has 21 heavy (non-hydrogen) atoms. The van der Waals surface area contributed by atoms with E-state index in [0.717, 1.165) is 0 Å². The van der Waals surface area contributed by atoms with Crippen LogP contribution in [0, 0.1) is 0 Å². The molecule has 1 aromatic carbocycles. The van der Waals surface area contributed by atoms with Crippen molar-refractivity contribution in [2.75, 3.05) is 24.5 Å². The van der Waals surface area contributed by atoms with E-state index < -0.39 is 5.97 Å². The van der Waals surface area contributed by atoms with Gasteiger partial charge in [-0.05, 0) is 12.1 Å². The van der Waals surface area contributed by atoms with Gasteiger partial charge in [-0.3, -0.25) is 9.69 Å². The predicted molar refractivity (Wildman–Crippen MR) is 83.4 cm³/mol. The van der Waals surface area contributed by atoms with E-state index in [1.165, 1.54) is 4.90 Å². The summed E-state index contributed by atoms with van der Waals surface area (Å²) in [6.45, 7) is 8.13. The molecule has 0 radical (unpaired) electrons. The molecule has 0 bridgehead atoms. The second-order valence-corrected chi connectivity index (χ2v) is 4.40. The molecule has 0 atom stereocenters. The molecule has 0 aromatic heterocycles. The maximum atomic E-state index is 12.6. The fourth-order valence-corrected chi connectivity index (χ4v) is 1.86. The number of benzene rings is 1. The second kappa shape index (κ2) is 8.58. The summed E-state index contributed by atoms with van der Waals surface area (Å²) in [7, 11) is 0. The van der Waals surface area contributed by atoms with Gasteiger partial charge >= 0.3 is 12.0 Å². The summed E-state index contributed by atoms with van der Waals surface area (Å²) in [6, 6.07) is 8.75. The molecule has 0 fully saturated rings. The smallest absolute Gasteiger partial charge is 0.325 e. The Hall–Kier alpha value is -2.56. The van der Waals surface area contributed by atoms with E-state index in [0.29, 0.717) is 18.8 Å². The Morgan fingerprint density at radius 1 is 1.10 bits per heavy atom. The lowest BCUT2D eigenvalue weighted by Crippen LogP contribution is -2.44. The Bertz CT molecular complexity index is 490. The van der Waals surface area contributed by atoms with Crippen LogP contribution in [0.5, 0.6) is 0 Å². The van der Waals surface area contributed by atoms with Crippen molar-refractivity contribution in [2.24, 2.45) is 0 Å². The Morgan fingerprint density at radius 2 is 1.67 bits per heavy atom. The van der Waals surface area contributed by atoms with Gasteiger partial charge in [-0.15, -0.1) is 13.2 Å². The number of urea groups is 1. The number of para-hydroxylation sites is 1. The summed E-state index contributed by atoms with van der Waals surface area (Å²) in [5.74, 6) is -0.942. The van der Waals surface area contributed by atoms with Crippen molar-refractivity contribution in [3.63, 3.8) is 0 Å². The van der Waals surface area contributed by atoms with Crippen LogP contribution in [0.1, 0.15) is 6.42 Å². The summed E-state index contributed by atoms with van der Waals surface area (Å²) in [5, 5.41) is 8.85. The average Bonchev–Trinajstić information content (AvgIpc) is 2.48. The normalized spacial score (nSPS) is 9.71. The first-order valence-electron chi connectivity index (χ1n) is 6.65. The molecule has 0 unspecified atom stereocenters. The molecule has 0 aliphatic carbocycles. The lowest BCUT2D eigenvalue weighted by Gasteiger charge is -2.29. The molecule has 0 aliphatic heterocycles. The number of hydrogen-bond acceptors (Lipinski definition) is 2. The van der Waals surface area contributed by atoms with Crippen molar-refractivity contribution in [3.05, 3.63) is 55.6 Å². The van der Waals surface area contributed by atoms with Crippen LogP contribution in [-0.4, -0.2) is 41.6 Å². The second-order valence-electron chi connectivity index (χ2n) is 4.40. The zero-order valence-electron chi connectivity index (χ0n) is 11.9. The predicted octanol–water partition coefficient (Wildman–Crippen LogP) is 2.76. The van der Waals surface area contributed by atoms with Crippen molar-refractivity contribution in [1.29, 1.82) is 0 Å². The number of aliphatic carboxylic acids is 1. The lowest BCUT2D eigenvalue weighted by molar-refractivity contribution is -0.136. The SMILES string of the molecule is C=CCN(CC=C)C(=O)N(CCC(=O)O)c1ccccc1. The summed E-state index contributed by atoms with van der Waals surface area (Å²) in [5.41, 5.74) is 0.668. The fourth-order valence-electron chi connectivity index (χ4n) is 1.86. The van der Waals surface area contributed by atoms with Crippen LogP contribution < -0.4 is 4.90 Å². The number of rotatable bonds is 8. The van der Waals surface area contributed by atoms with Crippen LogP contribution in [0.2, 0.25) is 0 Å². The minimum atomic E-state index is -0.942. The van der Waals surface area contributed by atoms with E-state index in [9.17, 15) is 9.59 Å². The van der Waals surface area contributed by atoms with E-state index >= 15 is 0 Å². The van der Waals surface area contributed by atoms with E-state index in [4.69, 9.17) is 5.11 Å². The van der Waals surface area contributed by atoms with Crippen molar-refractivity contribution in [3.8, 4) is 0 Å². The molecular weight excluding hydrogens is 268 g/mol. The largest absolute Gasteiger partial charge is 0.481 e. The standard InChI is InChI=1S/C16H20N2O3/c1-3-11-17(12-4-2)16(21)18(13-10-15(19)20)14-8-6-5-7-9-14/h3-9H,1-2,10-13H2,(H,19,20). The van der Waals surface area contributed by atoms with E-state index in [1.807, 2.05) is 18.2 Å². The van der Waals surface area contributed by atoms with Gasteiger partial charge in [0.15, 0.2) is 0 Å². The average molecular weight is 288 g/mol. The van der Waals surface area contributed by atoms with Gasteiger partial charge in [0.25, 0.3) is 0 Å². The number of amides is 2. The number of nitrogens with zero attached hydrogens (tertiary/aromatic N) is 2. The highest BCUT2D eigenvalue weighted by Gasteiger charge is 2.21. The Balaban J connectivity index is 2.98. The minimum absolute atomic E-state index is 0.114. The number of carbonyl (C=O) groups excluding carboxylic acids is 1. The molecule has 0 heterocycles. The summed E-state index contributed by atoms with van der Waals surface area (Å²) >= 11 is 0. The number of carbonyl (C=O) groups is 2. The Labute approximate surface area is 124 Å². The molecule has 0 spiro atoms. The molecule has 1 rings (SSSR count). The molecule has 0 saturated carbocycles. The number of anilines is 1. The summed E-state index contributed by atoms with van der Waals surface area (Å²) in [6.07, 6.45) is 3.14. The molecule has 1 N–H and O–H groups in total. The number of hydrogen-bond donors (Lipinski definition) is 1. The van der Waals surface area contributed by atoms with Gasteiger partial charge in [0.1, 0.15) is 0 Å². The van der Waals surface area contributed by atoms with Gasteiger partial charge < -0.3 is 10.0 Å². The van der Waals surface area contributed by atoms with Crippen molar-refractivity contribution >= 4 is 17.7 Å². The Morgan fingerprint density at radius 3 is 2.14 bits per heavy atom. The molecule has 0 aliphatic rings. The van der Waals surface area contributed by atoms with Gasteiger partial charge in [0.2, 0.25) is 0 Å². The third kappa shape index (κ3) is 5.14. The van der Waals surface area contributed by atoms with Gasteiger partial charge in [-0.25, -0.2) is 4.79 Å². The first-order valence-corrected chi connectivity index (χ1v) is 6.65. The molecular formula is C16H20N2O3. The van der Waals surface area contributed by atoms with E-state index in [2.05, 4.69) is 13.2 Å². The third-order valence-electron chi connectivity index (χ3n) is 2.82. The van der Waals surface area contributed by atoms with Crippen LogP contribution in [0.15, 0.2) is 55.6 Å². The molecule has 5 nitrogen and oxygen atoms in total. The number of carboxylic acid groups (broad SMARTS) is 1. The highest BCUT2D eigenvalue weighted by atomic mass is 16.4. The lowest BCUT2D eigenvalue weighted by atomic mass is 10.2. The highest BCUT2D eigenvalue weighted by Crippen LogP contribution is 2.16. The summed E-state index contributed by atoms with van der Waals surface area (Å²) < 4.78 is 0. The summed E-state index contributed by atoms with van der Waals surface area (Å²) in [4.78, 5) is 26.4. The molecule has 112 valence electrons. The highest BCUT2D eigenvalue weighted by molar-refractivity contribution is 5.92. The van der Waals surface area contributed by atoms with E-state index in [-0.39, 0.29) is 19.0 Å². The van der Waals surface area contributed by atoms with Gasteiger partial charge in [0, 0.05) is 25.3 Å². The van der Waals surface area contributed by atoms with Crippen LogP contribution in [0.3, 0.4) is 0 Å². The van der Waals surface area contributed by atoms with Gasteiger partial charge in [-0.1, -0.05) is 30.4 Å². The van der Waals surface area contributed by atoms with Crippen molar-refractivity contribution in [2.45, 2.75) is 6.42 Å². The molecule has 2 amide bonds. The Kier molecular flexibility index (Phi) is 6.74. The topological polar surface area (TPSA) is 60.9 Å². The maximum Gasteiger partial charge on any atom is 0.325 e. The molecule has 1 aromatic rings. The minimum Gasteiger partial charge on any atom is -0.481 e. The zero-order chi connectivity index (χ0) is 15.7. The quantitative estimate of drug-likeness (QED) is 0.748. The van der Waals surface area contributed by atoms with Crippen LogP contribution >= 0.6 is 0 Å². The van der Waals surface area contributed by atoms with Crippen LogP contribution in [0.25, 0.3) is 0 Å². The fraction of sp³-hybridized carbons (Fsp3) is 0.250. The van der Waals surface area contributed by atoms with E-state index in [1.54, 1.807) is 29.2 Å². The third-order valence-corrected chi connectivity index (χ3v) is 2.82. The van der Waals surface area contributed by atoms with Gasteiger partial charge in [-0.2, -0.15) is 0 Å². The van der Waals surface area contributed by atoms with Gasteiger partial charge in [0.05, 0.1) is 6.42 Å². The zero-order valence-corrected chi connectivity index (χ0v) is 11.9. The maximum absolute atomic E-state index is 12.6. The van der Waals surface area contributed by atoms with Crippen molar-refractivity contribution < 1.29 is 14.7 Å². The number of carboxylic acids is 1. The first-order chi connectivity index (χ1) is 10.1. The van der Waals surface area contributed by atoms with Crippen molar-refractivity contribution in [1.82, 2.24) is 4.90 Å². The molecule has 0 saturated heterocycles. The molecule has 5 heteroatoms. The van der Waals surface area contributed by atoms with Crippen LogP contribution in [-0.2, 0) is 4.79 Å². The van der Waals surface area contributed by atoms with Crippen LogP contribution in [0.4, 0.5) is 10.5 Å². The first kappa shape index (κ1) is 16.5.